The van der Waals surface area contributed by atoms with Crippen LogP contribution >= 0.6 is 67.8 Å². The molecule has 2 aromatic carbocycles. The van der Waals surface area contributed by atoms with Gasteiger partial charge in [-0.15, -0.1) is 0 Å². The number of rotatable bonds is 6. The molecule has 5 atom stereocenters. The Balaban J connectivity index is 2.00. The van der Waals surface area contributed by atoms with Crippen molar-refractivity contribution in [3.63, 3.8) is 0 Å². The van der Waals surface area contributed by atoms with E-state index >= 15 is 0 Å². The van der Waals surface area contributed by atoms with Crippen LogP contribution < -0.4 is 27.4 Å². The van der Waals surface area contributed by atoms with Gasteiger partial charge < -0.3 is 52.6 Å². The summed E-state index contributed by atoms with van der Waals surface area (Å²) in [6.07, 6.45) is -5.95. The van der Waals surface area contributed by atoms with Crippen LogP contribution in [0.25, 0.3) is 11.1 Å². The Kier molecular flexibility index (Phi) is 9.54. The maximum atomic E-state index is 13.0. The number of ether oxygens (including phenoxy) is 1. The molecule has 1 saturated heterocycles. The van der Waals surface area contributed by atoms with Crippen LogP contribution in [0.3, 0.4) is 0 Å². The normalized spacial score (nSPS) is 24.2. The maximum absolute atomic E-state index is 13.0. The molecule has 11 nitrogen and oxygen atoms in total. The van der Waals surface area contributed by atoms with Gasteiger partial charge in [-0.3, -0.25) is 4.79 Å². The first-order valence-corrected chi connectivity index (χ1v) is 13.6. The Labute approximate surface area is 242 Å². The van der Waals surface area contributed by atoms with E-state index in [-0.39, 0.29) is 16.9 Å². The van der Waals surface area contributed by atoms with Gasteiger partial charge in [-0.2, -0.15) is 0 Å². The molecule has 0 aliphatic carbocycles. The first-order chi connectivity index (χ1) is 16.5. The molecule has 0 bridgehead atoms. The van der Waals surface area contributed by atoms with E-state index < -0.39 is 43.2 Å². The van der Waals surface area contributed by atoms with E-state index in [4.69, 9.17) is 16.2 Å². The summed E-state index contributed by atoms with van der Waals surface area (Å²) in [5, 5.41) is 48.7. The zero-order valence-corrected chi connectivity index (χ0v) is 25.1. The van der Waals surface area contributed by atoms with Crippen LogP contribution in [-0.2, 0) is 4.74 Å². The Morgan fingerprint density at radius 1 is 0.971 bits per heavy atom. The lowest BCUT2D eigenvalue weighted by Crippen LogP contribution is -2.64. The zero-order chi connectivity index (χ0) is 26.2. The third-order valence-corrected chi connectivity index (χ3v) is 8.97. The number of halogens is 3. The molecular formula is C21H26I3N5O6. The van der Waals surface area contributed by atoms with Crippen molar-refractivity contribution in [2.45, 2.75) is 30.6 Å². The van der Waals surface area contributed by atoms with Crippen LogP contribution in [0, 0.1) is 10.7 Å². The molecule has 0 saturated carbocycles. The van der Waals surface area contributed by atoms with Gasteiger partial charge in [0.15, 0.2) is 6.29 Å². The fourth-order valence-electron chi connectivity index (χ4n) is 3.93. The van der Waals surface area contributed by atoms with Crippen LogP contribution in [0.2, 0.25) is 0 Å². The number of aliphatic hydroxyl groups is 4. The molecule has 11 N–H and O–H groups in total. The summed E-state index contributed by atoms with van der Waals surface area (Å²) >= 11 is 6.77. The summed E-state index contributed by atoms with van der Waals surface area (Å²) in [5.41, 5.74) is 16.1. The SMILES string of the molecule is CNc1c(I)c(NC)c(I)c(-c2cc(N)c(C(=O)NC3C(O)OC(CO)C(O)C3O)c(N)c2)c1I. The van der Waals surface area contributed by atoms with Crippen molar-refractivity contribution in [3.05, 3.63) is 28.4 Å². The number of benzene rings is 2. The minimum Gasteiger partial charge on any atom is -0.398 e. The van der Waals surface area contributed by atoms with Crippen molar-refractivity contribution < 1.29 is 30.0 Å². The largest absolute Gasteiger partial charge is 0.398 e. The minimum absolute atomic E-state index is 0.0369. The molecule has 35 heavy (non-hydrogen) atoms. The fourth-order valence-corrected chi connectivity index (χ4v) is 8.80. The Morgan fingerprint density at radius 2 is 1.49 bits per heavy atom. The van der Waals surface area contributed by atoms with Crippen molar-refractivity contribution in [1.29, 1.82) is 0 Å². The molecule has 3 rings (SSSR count). The molecule has 1 amide bonds. The van der Waals surface area contributed by atoms with Crippen LogP contribution in [0.15, 0.2) is 12.1 Å². The van der Waals surface area contributed by atoms with Crippen LogP contribution in [0.5, 0.6) is 0 Å². The number of nitrogen functional groups attached to an aromatic ring is 2. The number of hydrogen-bond donors (Lipinski definition) is 9. The molecule has 0 aromatic heterocycles. The number of nitrogens with two attached hydrogens (primary N) is 2. The number of carbonyl (C=O) groups excluding carboxylic acids is 1. The Morgan fingerprint density at radius 3 is 1.94 bits per heavy atom. The van der Waals surface area contributed by atoms with Gasteiger partial charge in [0.25, 0.3) is 5.91 Å². The predicted octanol–water partition coefficient (Wildman–Crippen LogP) is 0.945. The van der Waals surface area contributed by atoms with E-state index in [2.05, 4.69) is 83.7 Å². The summed E-state index contributed by atoms with van der Waals surface area (Å²) in [6.45, 7) is -0.613. The highest BCUT2D eigenvalue weighted by Gasteiger charge is 2.44. The minimum atomic E-state index is -1.66. The molecule has 0 spiro atoms. The second kappa shape index (κ2) is 11.7. The molecule has 5 unspecified atom stereocenters. The molecule has 1 heterocycles. The summed E-state index contributed by atoms with van der Waals surface area (Å²) in [7, 11) is 3.67. The monoisotopic (exact) mass is 825 g/mol. The molecule has 192 valence electrons. The average molecular weight is 825 g/mol. The third kappa shape index (κ3) is 5.39. The van der Waals surface area contributed by atoms with Crippen molar-refractivity contribution in [1.82, 2.24) is 5.32 Å². The standard InChI is InChI=1S/C21H26I3N5O6/c1-27-15-12(22)10(13(23)16(28-2)14(15)24)6-3-7(25)11(8(26)4-6)20(33)29-17-19(32)18(31)9(5-30)35-21(17)34/h3-4,9,17-19,21,27-28,30-32,34H,5,25-26H2,1-2H3,(H,29,33). The van der Waals surface area contributed by atoms with E-state index in [0.29, 0.717) is 5.56 Å². The van der Waals surface area contributed by atoms with Crippen LogP contribution in [0.4, 0.5) is 22.7 Å². The van der Waals surface area contributed by atoms with Crippen LogP contribution in [0.1, 0.15) is 10.4 Å². The number of nitrogens with one attached hydrogen (secondary N) is 3. The van der Waals surface area contributed by atoms with Gasteiger partial charge in [-0.1, -0.05) is 0 Å². The number of hydrogen-bond acceptors (Lipinski definition) is 10. The number of aliphatic hydroxyl groups excluding tert-OH is 4. The smallest absolute Gasteiger partial charge is 0.255 e. The first kappa shape index (κ1) is 28.7. The highest BCUT2D eigenvalue weighted by atomic mass is 127. The van der Waals surface area contributed by atoms with Gasteiger partial charge >= 0.3 is 0 Å². The van der Waals surface area contributed by atoms with Crippen molar-refractivity contribution in [3.8, 4) is 11.1 Å². The number of amides is 1. The highest BCUT2D eigenvalue weighted by molar-refractivity contribution is 14.1. The lowest BCUT2D eigenvalue weighted by Gasteiger charge is -2.40. The molecule has 1 aliphatic heterocycles. The molecule has 14 heteroatoms. The summed E-state index contributed by atoms with van der Waals surface area (Å²) in [6, 6.07) is 1.91. The molecule has 2 aromatic rings. The fraction of sp³-hybridized carbons (Fsp3) is 0.381. The lowest BCUT2D eigenvalue weighted by atomic mass is 9.96. The second-order valence-corrected chi connectivity index (χ2v) is 11.1. The second-order valence-electron chi connectivity index (χ2n) is 7.82. The number of anilines is 4. The maximum Gasteiger partial charge on any atom is 0.255 e. The van der Waals surface area contributed by atoms with Gasteiger partial charge in [-0.05, 0) is 85.5 Å². The van der Waals surface area contributed by atoms with E-state index in [1.807, 2.05) is 14.1 Å². The third-order valence-electron chi connectivity index (χ3n) is 5.73. The molecule has 0 radical (unpaired) electrons. The molecule has 1 aliphatic rings. The number of carbonyl (C=O) groups is 1. The molecular weight excluding hydrogens is 799 g/mol. The zero-order valence-electron chi connectivity index (χ0n) is 18.6. The quantitative estimate of drug-likeness (QED) is 0.150. The summed E-state index contributed by atoms with van der Waals surface area (Å²) < 4.78 is 8.02. The summed E-state index contributed by atoms with van der Waals surface area (Å²) in [5.74, 6) is -0.758. The van der Waals surface area contributed by atoms with E-state index in [9.17, 15) is 25.2 Å². The van der Waals surface area contributed by atoms with E-state index in [1.165, 1.54) is 0 Å². The van der Waals surface area contributed by atoms with Gasteiger partial charge in [0.05, 0.1) is 27.1 Å². The Bertz CT molecular complexity index is 1080. The van der Waals surface area contributed by atoms with E-state index in [0.717, 1.165) is 27.6 Å². The van der Waals surface area contributed by atoms with Crippen molar-refractivity contribution in [2.75, 3.05) is 42.8 Å². The highest BCUT2D eigenvalue weighted by Crippen LogP contribution is 2.44. The topological polar surface area (TPSA) is 195 Å². The predicted molar refractivity (Wildman–Crippen MR) is 159 cm³/mol. The molecule has 1 fully saturated rings. The van der Waals surface area contributed by atoms with E-state index in [1.54, 1.807) is 12.1 Å². The van der Waals surface area contributed by atoms with Gasteiger partial charge in [0.1, 0.15) is 24.4 Å². The van der Waals surface area contributed by atoms with Gasteiger partial charge in [-0.25, -0.2) is 0 Å². The summed E-state index contributed by atoms with van der Waals surface area (Å²) in [4.78, 5) is 13.0. The van der Waals surface area contributed by atoms with Gasteiger partial charge in [0, 0.05) is 38.2 Å². The first-order valence-electron chi connectivity index (χ1n) is 10.3. The van der Waals surface area contributed by atoms with Crippen LogP contribution in [-0.4, -0.2) is 77.7 Å². The van der Waals surface area contributed by atoms with Crippen molar-refractivity contribution >= 4 is 96.4 Å². The van der Waals surface area contributed by atoms with Crippen molar-refractivity contribution in [2.24, 2.45) is 0 Å². The van der Waals surface area contributed by atoms with Gasteiger partial charge in [0.2, 0.25) is 0 Å². The Hall–Kier alpha value is -0.900. The average Bonchev–Trinajstić information content (AvgIpc) is 2.79. The lowest BCUT2D eigenvalue weighted by molar-refractivity contribution is -0.252.